The Balaban J connectivity index is 3.72. The van der Waals surface area contributed by atoms with E-state index in [2.05, 4.69) is 6.58 Å². The second kappa shape index (κ2) is 3.45. The van der Waals surface area contributed by atoms with Crippen molar-refractivity contribution in [2.24, 2.45) is 22.9 Å². The van der Waals surface area contributed by atoms with Crippen LogP contribution in [0.1, 0.15) is 0 Å². The number of hydrogen-bond donors (Lipinski definition) is 4. The SMILES string of the molecule is C=C(N)C(N)C(N)CN. The molecule has 0 heterocycles. The maximum absolute atomic E-state index is 5.44. The van der Waals surface area contributed by atoms with Crippen LogP contribution in [0.25, 0.3) is 0 Å². The van der Waals surface area contributed by atoms with E-state index in [-0.39, 0.29) is 12.1 Å². The molecule has 0 aromatic carbocycles. The summed E-state index contributed by atoms with van der Waals surface area (Å²) in [6, 6.07) is -0.655. The smallest absolute Gasteiger partial charge is 0.0602 e. The summed E-state index contributed by atoms with van der Waals surface area (Å²) in [5.41, 5.74) is 21.7. The zero-order valence-corrected chi connectivity index (χ0v) is 5.38. The number of nitrogens with two attached hydrogens (primary N) is 4. The van der Waals surface area contributed by atoms with Crippen molar-refractivity contribution in [2.75, 3.05) is 6.54 Å². The summed E-state index contributed by atoms with van der Waals surface area (Å²) < 4.78 is 0. The summed E-state index contributed by atoms with van der Waals surface area (Å²) in [4.78, 5) is 0. The van der Waals surface area contributed by atoms with Gasteiger partial charge >= 0.3 is 0 Å². The first-order valence-corrected chi connectivity index (χ1v) is 2.75. The molecule has 2 unspecified atom stereocenters. The summed E-state index contributed by atoms with van der Waals surface area (Å²) in [6.45, 7) is 3.77. The number of hydrogen-bond acceptors (Lipinski definition) is 4. The summed E-state index contributed by atoms with van der Waals surface area (Å²) in [5.74, 6) is 0. The predicted octanol–water partition coefficient (Wildman–Crippen LogP) is -1.93. The van der Waals surface area contributed by atoms with Crippen LogP contribution < -0.4 is 22.9 Å². The van der Waals surface area contributed by atoms with Crippen molar-refractivity contribution in [1.29, 1.82) is 0 Å². The van der Waals surface area contributed by atoms with Crippen molar-refractivity contribution in [2.45, 2.75) is 12.1 Å². The minimum atomic E-state index is -0.380. The lowest BCUT2D eigenvalue weighted by atomic mass is 10.1. The monoisotopic (exact) mass is 130 g/mol. The molecule has 0 saturated carbocycles. The highest BCUT2D eigenvalue weighted by molar-refractivity contribution is 5.03. The van der Waals surface area contributed by atoms with Gasteiger partial charge in [-0.05, 0) is 0 Å². The van der Waals surface area contributed by atoms with Gasteiger partial charge in [0.15, 0.2) is 0 Å². The van der Waals surface area contributed by atoms with E-state index in [1.54, 1.807) is 0 Å². The Morgan fingerprint density at radius 1 is 1.44 bits per heavy atom. The van der Waals surface area contributed by atoms with E-state index in [1.807, 2.05) is 0 Å². The van der Waals surface area contributed by atoms with Gasteiger partial charge in [-0.15, -0.1) is 0 Å². The van der Waals surface area contributed by atoms with Crippen LogP contribution in [0.15, 0.2) is 12.3 Å². The fourth-order valence-corrected chi connectivity index (χ4v) is 0.422. The highest BCUT2D eigenvalue weighted by Gasteiger charge is 2.11. The zero-order valence-electron chi connectivity index (χ0n) is 5.38. The fourth-order valence-electron chi connectivity index (χ4n) is 0.422. The van der Waals surface area contributed by atoms with E-state index < -0.39 is 0 Å². The van der Waals surface area contributed by atoms with Crippen molar-refractivity contribution in [3.63, 3.8) is 0 Å². The van der Waals surface area contributed by atoms with E-state index >= 15 is 0 Å². The van der Waals surface area contributed by atoms with Crippen molar-refractivity contribution >= 4 is 0 Å². The Kier molecular flexibility index (Phi) is 3.22. The topological polar surface area (TPSA) is 104 Å². The van der Waals surface area contributed by atoms with Gasteiger partial charge in [-0.3, -0.25) is 0 Å². The van der Waals surface area contributed by atoms with Gasteiger partial charge in [0.1, 0.15) is 0 Å². The summed E-state index contributed by atoms with van der Waals surface area (Å²) >= 11 is 0. The van der Waals surface area contributed by atoms with Gasteiger partial charge in [0, 0.05) is 18.3 Å². The molecular formula is C5H14N4. The third-order valence-corrected chi connectivity index (χ3v) is 1.16. The van der Waals surface area contributed by atoms with Crippen molar-refractivity contribution < 1.29 is 0 Å². The van der Waals surface area contributed by atoms with Gasteiger partial charge in [0.25, 0.3) is 0 Å². The molecule has 0 aliphatic rings. The van der Waals surface area contributed by atoms with Gasteiger partial charge in [-0.25, -0.2) is 0 Å². The van der Waals surface area contributed by atoms with E-state index in [4.69, 9.17) is 22.9 Å². The molecule has 4 heteroatoms. The average Bonchev–Trinajstić information content (AvgIpc) is 1.84. The normalized spacial score (nSPS) is 16.8. The van der Waals surface area contributed by atoms with Gasteiger partial charge < -0.3 is 22.9 Å². The first-order chi connectivity index (χ1) is 4.09. The van der Waals surface area contributed by atoms with Crippen molar-refractivity contribution in [3.05, 3.63) is 12.3 Å². The zero-order chi connectivity index (χ0) is 7.44. The molecule has 0 aliphatic heterocycles. The Bertz CT molecular complexity index is 101. The molecule has 4 nitrogen and oxygen atoms in total. The molecular weight excluding hydrogens is 116 g/mol. The second-order valence-electron chi connectivity index (χ2n) is 2.00. The van der Waals surface area contributed by atoms with E-state index in [0.29, 0.717) is 12.2 Å². The molecule has 0 fully saturated rings. The molecule has 0 rings (SSSR count). The highest BCUT2D eigenvalue weighted by Crippen LogP contribution is 1.89. The van der Waals surface area contributed by atoms with Crippen LogP contribution in [0.5, 0.6) is 0 Å². The third-order valence-electron chi connectivity index (χ3n) is 1.16. The first kappa shape index (κ1) is 8.42. The molecule has 0 aromatic heterocycles. The predicted molar refractivity (Wildman–Crippen MR) is 38.3 cm³/mol. The molecule has 0 saturated heterocycles. The average molecular weight is 130 g/mol. The molecule has 0 aromatic rings. The summed E-state index contributed by atoms with van der Waals surface area (Å²) in [7, 11) is 0. The Morgan fingerprint density at radius 2 is 1.89 bits per heavy atom. The van der Waals surface area contributed by atoms with Crippen LogP contribution in [0, 0.1) is 0 Å². The maximum Gasteiger partial charge on any atom is 0.0602 e. The first-order valence-electron chi connectivity index (χ1n) is 2.75. The highest BCUT2D eigenvalue weighted by atomic mass is 14.9. The molecule has 0 amide bonds. The van der Waals surface area contributed by atoms with Crippen molar-refractivity contribution in [3.8, 4) is 0 Å². The molecule has 9 heavy (non-hydrogen) atoms. The third kappa shape index (κ3) is 2.46. The van der Waals surface area contributed by atoms with Gasteiger partial charge in [-0.1, -0.05) is 6.58 Å². The minimum absolute atomic E-state index is 0.275. The van der Waals surface area contributed by atoms with Crippen LogP contribution in [-0.2, 0) is 0 Å². The van der Waals surface area contributed by atoms with Crippen LogP contribution >= 0.6 is 0 Å². The Hall–Kier alpha value is -0.580. The van der Waals surface area contributed by atoms with Crippen LogP contribution in [0.4, 0.5) is 0 Å². The van der Waals surface area contributed by atoms with Crippen LogP contribution in [0.3, 0.4) is 0 Å². The summed E-state index contributed by atoms with van der Waals surface area (Å²) in [6.07, 6.45) is 0. The summed E-state index contributed by atoms with van der Waals surface area (Å²) in [5, 5.41) is 0. The molecule has 2 atom stereocenters. The van der Waals surface area contributed by atoms with E-state index in [0.717, 1.165) is 0 Å². The van der Waals surface area contributed by atoms with Gasteiger partial charge in [-0.2, -0.15) is 0 Å². The van der Waals surface area contributed by atoms with E-state index in [1.165, 1.54) is 0 Å². The van der Waals surface area contributed by atoms with Crippen LogP contribution in [-0.4, -0.2) is 18.6 Å². The van der Waals surface area contributed by atoms with Crippen molar-refractivity contribution in [1.82, 2.24) is 0 Å². The lowest BCUT2D eigenvalue weighted by Crippen LogP contribution is -2.48. The molecule has 0 radical (unpaired) electrons. The lowest BCUT2D eigenvalue weighted by molar-refractivity contribution is 0.584. The molecule has 54 valence electrons. The minimum Gasteiger partial charge on any atom is -0.401 e. The molecule has 0 bridgehead atoms. The molecule has 0 spiro atoms. The molecule has 0 aliphatic carbocycles. The Labute approximate surface area is 54.9 Å². The largest absolute Gasteiger partial charge is 0.401 e. The second-order valence-corrected chi connectivity index (χ2v) is 2.00. The molecule has 8 N–H and O–H groups in total. The lowest BCUT2D eigenvalue weighted by Gasteiger charge is -2.16. The standard InChI is InChI=1S/C5H14N4/c1-3(7)5(9)4(8)2-6/h4-5H,1-2,6-9H2. The Morgan fingerprint density at radius 3 is 2.00 bits per heavy atom. The number of rotatable bonds is 3. The van der Waals surface area contributed by atoms with Crippen LogP contribution in [0.2, 0.25) is 0 Å². The van der Waals surface area contributed by atoms with Gasteiger partial charge in [0.05, 0.1) is 6.04 Å². The van der Waals surface area contributed by atoms with E-state index in [9.17, 15) is 0 Å². The quantitative estimate of drug-likeness (QED) is 0.357. The van der Waals surface area contributed by atoms with Gasteiger partial charge in [0.2, 0.25) is 0 Å². The maximum atomic E-state index is 5.44. The fraction of sp³-hybridized carbons (Fsp3) is 0.600.